The molecule has 1 aliphatic carbocycles. The SMILES string of the molecule is O=Cc1cnc2c(c1Cl)CCCC2. The Morgan fingerprint density at radius 1 is 1.38 bits per heavy atom. The number of nitrogens with zero attached hydrogens (tertiary/aromatic N) is 1. The fourth-order valence-corrected chi connectivity index (χ4v) is 2.03. The first-order valence-electron chi connectivity index (χ1n) is 4.44. The van der Waals surface area contributed by atoms with Crippen molar-refractivity contribution in [1.29, 1.82) is 0 Å². The van der Waals surface area contributed by atoms with Crippen molar-refractivity contribution >= 4 is 17.9 Å². The predicted octanol–water partition coefficient (Wildman–Crippen LogP) is 2.43. The van der Waals surface area contributed by atoms with Crippen molar-refractivity contribution in [2.75, 3.05) is 0 Å². The van der Waals surface area contributed by atoms with Crippen molar-refractivity contribution in [3.63, 3.8) is 0 Å². The average Bonchev–Trinajstić information content (AvgIpc) is 2.19. The third kappa shape index (κ3) is 1.46. The Hall–Kier alpha value is -0.890. The van der Waals surface area contributed by atoms with Gasteiger partial charge in [0.15, 0.2) is 6.29 Å². The van der Waals surface area contributed by atoms with E-state index in [2.05, 4.69) is 4.98 Å². The van der Waals surface area contributed by atoms with Crippen LogP contribution in [0.1, 0.15) is 34.5 Å². The van der Waals surface area contributed by atoms with Crippen molar-refractivity contribution in [3.05, 3.63) is 28.0 Å². The molecule has 68 valence electrons. The minimum absolute atomic E-state index is 0.516. The number of carbonyl (C=O) groups excluding carboxylic acids is 1. The molecule has 0 saturated heterocycles. The van der Waals surface area contributed by atoms with Crippen LogP contribution in [0.15, 0.2) is 6.20 Å². The van der Waals surface area contributed by atoms with E-state index < -0.39 is 0 Å². The zero-order valence-corrected chi connectivity index (χ0v) is 7.97. The zero-order valence-electron chi connectivity index (χ0n) is 7.22. The molecule has 0 bridgehead atoms. The molecule has 1 aliphatic rings. The van der Waals surface area contributed by atoms with Crippen molar-refractivity contribution < 1.29 is 4.79 Å². The first-order valence-corrected chi connectivity index (χ1v) is 4.82. The van der Waals surface area contributed by atoms with Gasteiger partial charge in [-0.05, 0) is 31.2 Å². The van der Waals surface area contributed by atoms with Crippen LogP contribution in [0.5, 0.6) is 0 Å². The highest BCUT2D eigenvalue weighted by Gasteiger charge is 2.15. The van der Waals surface area contributed by atoms with Crippen molar-refractivity contribution in [1.82, 2.24) is 4.98 Å². The van der Waals surface area contributed by atoms with Crippen LogP contribution in [0.4, 0.5) is 0 Å². The lowest BCUT2D eigenvalue weighted by Gasteiger charge is -2.16. The summed E-state index contributed by atoms with van der Waals surface area (Å²) in [7, 11) is 0. The Bertz CT molecular complexity index is 349. The number of hydrogen-bond acceptors (Lipinski definition) is 2. The number of fused-ring (bicyclic) bond motifs is 1. The minimum atomic E-state index is 0.516. The number of aldehydes is 1. The van der Waals surface area contributed by atoms with Crippen molar-refractivity contribution in [3.8, 4) is 0 Å². The molecule has 0 amide bonds. The number of aryl methyl sites for hydroxylation is 1. The Labute approximate surface area is 81.9 Å². The maximum atomic E-state index is 10.6. The summed E-state index contributed by atoms with van der Waals surface area (Å²) in [5.74, 6) is 0. The molecule has 0 fully saturated rings. The van der Waals surface area contributed by atoms with Crippen molar-refractivity contribution in [2.45, 2.75) is 25.7 Å². The second kappa shape index (κ2) is 3.46. The lowest BCUT2D eigenvalue weighted by Crippen LogP contribution is -2.07. The van der Waals surface area contributed by atoms with E-state index in [0.29, 0.717) is 10.6 Å². The van der Waals surface area contributed by atoms with Crippen LogP contribution >= 0.6 is 11.6 Å². The summed E-state index contributed by atoms with van der Waals surface area (Å²) in [4.78, 5) is 14.8. The maximum Gasteiger partial charge on any atom is 0.153 e. The van der Waals surface area contributed by atoms with E-state index in [4.69, 9.17) is 11.6 Å². The first-order chi connectivity index (χ1) is 6.33. The summed E-state index contributed by atoms with van der Waals surface area (Å²) in [6.45, 7) is 0. The van der Waals surface area contributed by atoms with Gasteiger partial charge in [-0.25, -0.2) is 0 Å². The Kier molecular flexibility index (Phi) is 2.32. The molecule has 2 nitrogen and oxygen atoms in total. The number of pyridine rings is 1. The van der Waals surface area contributed by atoms with Crippen LogP contribution in [0.2, 0.25) is 5.02 Å². The third-order valence-electron chi connectivity index (χ3n) is 2.44. The molecule has 0 saturated carbocycles. The Balaban J connectivity index is 2.54. The van der Waals surface area contributed by atoms with E-state index in [9.17, 15) is 4.79 Å². The summed E-state index contributed by atoms with van der Waals surface area (Å²) < 4.78 is 0. The highest BCUT2D eigenvalue weighted by Crippen LogP contribution is 2.28. The summed E-state index contributed by atoms with van der Waals surface area (Å²) in [6, 6.07) is 0. The largest absolute Gasteiger partial charge is 0.298 e. The molecule has 2 rings (SSSR count). The lowest BCUT2D eigenvalue weighted by molar-refractivity contribution is 0.112. The molecule has 0 unspecified atom stereocenters. The number of rotatable bonds is 1. The topological polar surface area (TPSA) is 30.0 Å². The average molecular weight is 196 g/mol. The summed E-state index contributed by atoms with van der Waals surface area (Å²) >= 11 is 6.06. The molecular formula is C10H10ClNO. The first kappa shape index (κ1) is 8.70. The summed E-state index contributed by atoms with van der Waals surface area (Å²) in [6.07, 6.45) is 6.62. The van der Waals surface area contributed by atoms with Crippen LogP contribution in [0.3, 0.4) is 0 Å². The summed E-state index contributed by atoms with van der Waals surface area (Å²) in [5, 5.41) is 0.611. The number of halogens is 1. The van der Waals surface area contributed by atoms with Crippen LogP contribution in [-0.4, -0.2) is 11.3 Å². The van der Waals surface area contributed by atoms with Gasteiger partial charge in [-0.1, -0.05) is 11.6 Å². The van der Waals surface area contributed by atoms with Crippen LogP contribution < -0.4 is 0 Å². The van der Waals surface area contributed by atoms with Gasteiger partial charge < -0.3 is 0 Å². The van der Waals surface area contributed by atoms with Crippen LogP contribution in [0, 0.1) is 0 Å². The van der Waals surface area contributed by atoms with Crippen molar-refractivity contribution in [2.24, 2.45) is 0 Å². The molecule has 1 aromatic rings. The fraction of sp³-hybridized carbons (Fsp3) is 0.400. The maximum absolute atomic E-state index is 10.6. The van der Waals surface area contributed by atoms with Gasteiger partial charge in [0, 0.05) is 11.9 Å². The molecule has 3 heteroatoms. The molecule has 0 N–H and O–H groups in total. The van der Waals surface area contributed by atoms with Gasteiger partial charge in [0.05, 0.1) is 10.6 Å². The number of carbonyl (C=O) groups is 1. The number of aromatic nitrogens is 1. The van der Waals surface area contributed by atoms with Gasteiger partial charge in [0.25, 0.3) is 0 Å². The van der Waals surface area contributed by atoms with Gasteiger partial charge in [-0.15, -0.1) is 0 Å². The highest BCUT2D eigenvalue weighted by molar-refractivity contribution is 6.33. The van der Waals surface area contributed by atoms with Crippen LogP contribution in [-0.2, 0) is 12.8 Å². The minimum Gasteiger partial charge on any atom is -0.298 e. The molecular weight excluding hydrogens is 186 g/mol. The normalized spacial score (nSPS) is 15.2. The monoisotopic (exact) mass is 195 g/mol. The van der Waals surface area contributed by atoms with E-state index >= 15 is 0 Å². The molecule has 0 radical (unpaired) electrons. The predicted molar refractivity (Wildman–Crippen MR) is 51.3 cm³/mol. The Morgan fingerprint density at radius 2 is 2.15 bits per heavy atom. The molecule has 0 aliphatic heterocycles. The zero-order chi connectivity index (χ0) is 9.26. The van der Waals surface area contributed by atoms with Gasteiger partial charge in [0.1, 0.15) is 0 Å². The van der Waals surface area contributed by atoms with E-state index in [1.807, 2.05) is 0 Å². The van der Waals surface area contributed by atoms with E-state index in [0.717, 1.165) is 36.8 Å². The van der Waals surface area contributed by atoms with Gasteiger partial charge in [-0.2, -0.15) is 0 Å². The molecule has 0 aromatic carbocycles. The second-order valence-corrected chi connectivity index (χ2v) is 3.66. The third-order valence-corrected chi connectivity index (χ3v) is 2.89. The smallest absolute Gasteiger partial charge is 0.153 e. The van der Waals surface area contributed by atoms with E-state index in [1.54, 1.807) is 6.20 Å². The molecule has 13 heavy (non-hydrogen) atoms. The highest BCUT2D eigenvalue weighted by atomic mass is 35.5. The van der Waals surface area contributed by atoms with Gasteiger partial charge in [-0.3, -0.25) is 9.78 Å². The van der Waals surface area contributed by atoms with Gasteiger partial charge >= 0.3 is 0 Å². The lowest BCUT2D eigenvalue weighted by atomic mass is 9.95. The molecule has 1 heterocycles. The quantitative estimate of drug-likeness (QED) is 0.645. The standard InChI is InChI=1S/C10H10ClNO/c11-10-7(6-13)5-12-9-4-2-1-3-8(9)10/h5-6H,1-4H2. The molecule has 1 aromatic heterocycles. The fourth-order valence-electron chi connectivity index (χ4n) is 1.73. The van der Waals surface area contributed by atoms with Crippen LogP contribution in [0.25, 0.3) is 0 Å². The molecule has 0 atom stereocenters. The Morgan fingerprint density at radius 3 is 2.92 bits per heavy atom. The second-order valence-electron chi connectivity index (χ2n) is 3.28. The summed E-state index contributed by atoms with van der Waals surface area (Å²) in [5.41, 5.74) is 2.67. The number of hydrogen-bond donors (Lipinski definition) is 0. The van der Waals surface area contributed by atoms with Gasteiger partial charge in [0.2, 0.25) is 0 Å². The molecule has 0 spiro atoms. The van der Waals surface area contributed by atoms with E-state index in [-0.39, 0.29) is 0 Å². The van der Waals surface area contributed by atoms with E-state index in [1.165, 1.54) is 6.42 Å².